The van der Waals surface area contributed by atoms with Crippen molar-refractivity contribution in [2.45, 2.75) is 12.8 Å². The van der Waals surface area contributed by atoms with Crippen LogP contribution in [-0.2, 0) is 4.79 Å². The number of aromatic hydroxyl groups is 1. The highest BCUT2D eigenvalue weighted by atomic mass is 16.4. The van der Waals surface area contributed by atoms with Crippen LogP contribution in [0.25, 0.3) is 0 Å². The molecule has 1 aromatic carbocycles. The Bertz CT molecular complexity index is 494. The fraction of sp³-hybridized carbons (Fsp3) is 0.385. The largest absolute Gasteiger partial charge is 0.508 e. The van der Waals surface area contributed by atoms with Crippen LogP contribution in [0.3, 0.4) is 0 Å². The number of carbonyl (C=O) groups is 2. The highest BCUT2D eigenvalue weighted by Gasteiger charge is 2.50. The number of nitrogens with zero attached hydrogens (tertiary/aromatic N) is 1. The predicted molar refractivity (Wildman–Crippen MR) is 69.2 cm³/mol. The number of carboxylic acids is 1. The molecule has 1 aliphatic rings. The molecule has 1 aliphatic carbocycles. The van der Waals surface area contributed by atoms with E-state index < -0.39 is 11.4 Å². The normalized spacial score (nSPS) is 15.6. The maximum absolute atomic E-state index is 11.9. The molecule has 3 N–H and O–H groups in total. The summed E-state index contributed by atoms with van der Waals surface area (Å²) in [7, 11) is 1.59. The first kappa shape index (κ1) is 13.2. The van der Waals surface area contributed by atoms with E-state index in [0.29, 0.717) is 18.5 Å². The van der Waals surface area contributed by atoms with Gasteiger partial charge in [0.15, 0.2) is 0 Å². The summed E-state index contributed by atoms with van der Waals surface area (Å²) in [5, 5.41) is 20.8. The number of rotatable bonds is 4. The van der Waals surface area contributed by atoms with Crippen molar-refractivity contribution in [2.24, 2.45) is 5.41 Å². The summed E-state index contributed by atoms with van der Waals surface area (Å²) in [6.45, 7) is 0.142. The molecule has 102 valence electrons. The van der Waals surface area contributed by atoms with Gasteiger partial charge in [-0.2, -0.15) is 0 Å². The lowest BCUT2D eigenvalue weighted by atomic mass is 10.1. The lowest BCUT2D eigenvalue weighted by Gasteiger charge is -2.19. The molecule has 0 bridgehead atoms. The maximum atomic E-state index is 11.9. The SMILES string of the molecule is CN(C(=O)NCC1(C(=O)O)CC1)c1ccc(O)cc1. The number of urea groups is 1. The van der Waals surface area contributed by atoms with Gasteiger partial charge in [0.25, 0.3) is 0 Å². The highest BCUT2D eigenvalue weighted by molar-refractivity contribution is 5.92. The number of anilines is 1. The minimum absolute atomic E-state index is 0.125. The first-order valence-corrected chi connectivity index (χ1v) is 5.99. The number of hydrogen-bond acceptors (Lipinski definition) is 3. The van der Waals surface area contributed by atoms with Gasteiger partial charge in [0.05, 0.1) is 5.41 Å². The molecule has 0 unspecified atom stereocenters. The fourth-order valence-electron chi connectivity index (χ4n) is 1.77. The van der Waals surface area contributed by atoms with E-state index in [0.717, 1.165) is 0 Å². The molecular formula is C13H16N2O4. The Morgan fingerprint density at radius 1 is 1.32 bits per heavy atom. The summed E-state index contributed by atoms with van der Waals surface area (Å²) in [4.78, 5) is 24.2. The molecule has 2 amide bonds. The third-order valence-corrected chi connectivity index (χ3v) is 3.43. The van der Waals surface area contributed by atoms with Gasteiger partial charge in [0.2, 0.25) is 0 Å². The average molecular weight is 264 g/mol. The number of hydrogen-bond donors (Lipinski definition) is 3. The number of carboxylic acid groups (broad SMARTS) is 1. The first-order valence-electron chi connectivity index (χ1n) is 5.99. The summed E-state index contributed by atoms with van der Waals surface area (Å²) >= 11 is 0. The fourth-order valence-corrected chi connectivity index (χ4v) is 1.77. The first-order chi connectivity index (χ1) is 8.94. The zero-order valence-electron chi connectivity index (χ0n) is 10.6. The Morgan fingerprint density at radius 3 is 2.37 bits per heavy atom. The number of benzene rings is 1. The van der Waals surface area contributed by atoms with Gasteiger partial charge in [0, 0.05) is 19.3 Å². The van der Waals surface area contributed by atoms with Gasteiger partial charge in [-0.1, -0.05) is 0 Å². The Kier molecular flexibility index (Phi) is 3.33. The van der Waals surface area contributed by atoms with Crippen molar-refractivity contribution >= 4 is 17.7 Å². The van der Waals surface area contributed by atoms with Crippen LogP contribution in [-0.4, -0.2) is 35.8 Å². The smallest absolute Gasteiger partial charge is 0.321 e. The van der Waals surface area contributed by atoms with Crippen molar-refractivity contribution in [1.29, 1.82) is 0 Å². The third kappa shape index (κ3) is 2.78. The molecular weight excluding hydrogens is 248 g/mol. The quantitative estimate of drug-likeness (QED) is 0.766. The van der Waals surface area contributed by atoms with E-state index in [4.69, 9.17) is 5.11 Å². The summed E-state index contributed by atoms with van der Waals surface area (Å²) in [5.74, 6) is -0.736. The Hall–Kier alpha value is -2.24. The van der Waals surface area contributed by atoms with Gasteiger partial charge in [-0.25, -0.2) is 4.79 Å². The molecule has 0 heterocycles. The molecule has 0 atom stereocenters. The predicted octanol–water partition coefficient (Wildman–Crippen LogP) is 1.40. The van der Waals surface area contributed by atoms with Crippen molar-refractivity contribution < 1.29 is 19.8 Å². The lowest BCUT2D eigenvalue weighted by Crippen LogP contribution is -2.41. The van der Waals surface area contributed by atoms with Crippen LogP contribution < -0.4 is 10.2 Å². The summed E-state index contributed by atoms with van der Waals surface area (Å²) in [6.07, 6.45) is 1.21. The maximum Gasteiger partial charge on any atom is 0.321 e. The van der Waals surface area contributed by atoms with E-state index in [1.165, 1.54) is 17.0 Å². The lowest BCUT2D eigenvalue weighted by molar-refractivity contribution is -0.143. The molecule has 2 rings (SSSR count). The second kappa shape index (κ2) is 4.79. The van der Waals surface area contributed by atoms with Gasteiger partial charge in [0.1, 0.15) is 5.75 Å². The zero-order chi connectivity index (χ0) is 14.0. The number of phenols is 1. The van der Waals surface area contributed by atoms with Crippen molar-refractivity contribution in [2.75, 3.05) is 18.5 Å². The standard InChI is InChI=1S/C13H16N2O4/c1-15(9-2-4-10(16)5-3-9)12(19)14-8-13(6-7-13)11(17)18/h2-5,16H,6-8H2,1H3,(H,14,19)(H,17,18). The average Bonchev–Trinajstić information content (AvgIpc) is 3.17. The molecule has 1 saturated carbocycles. The molecule has 0 aromatic heterocycles. The van der Waals surface area contributed by atoms with E-state index in [2.05, 4.69) is 5.32 Å². The van der Waals surface area contributed by atoms with Crippen LogP contribution in [0, 0.1) is 5.41 Å². The van der Waals surface area contributed by atoms with E-state index >= 15 is 0 Å². The molecule has 0 saturated heterocycles. The molecule has 6 heteroatoms. The van der Waals surface area contributed by atoms with Crippen molar-refractivity contribution in [3.05, 3.63) is 24.3 Å². The molecule has 0 radical (unpaired) electrons. The minimum Gasteiger partial charge on any atom is -0.508 e. The van der Waals surface area contributed by atoms with Crippen LogP contribution in [0.5, 0.6) is 5.75 Å². The van der Waals surface area contributed by atoms with Gasteiger partial charge in [-0.3, -0.25) is 9.69 Å². The van der Waals surface area contributed by atoms with E-state index in [1.807, 2.05) is 0 Å². The van der Waals surface area contributed by atoms with Crippen LogP contribution in [0.1, 0.15) is 12.8 Å². The third-order valence-electron chi connectivity index (χ3n) is 3.43. The Morgan fingerprint density at radius 2 is 1.89 bits per heavy atom. The van der Waals surface area contributed by atoms with Crippen LogP contribution >= 0.6 is 0 Å². The molecule has 0 aliphatic heterocycles. The molecule has 1 fully saturated rings. The highest BCUT2D eigenvalue weighted by Crippen LogP contribution is 2.45. The van der Waals surface area contributed by atoms with Crippen molar-refractivity contribution in [1.82, 2.24) is 5.32 Å². The number of phenolic OH excluding ortho intramolecular Hbond substituents is 1. The summed E-state index contributed by atoms with van der Waals surface area (Å²) < 4.78 is 0. The molecule has 0 spiro atoms. The number of aliphatic carboxylic acids is 1. The number of amides is 2. The van der Waals surface area contributed by atoms with E-state index in [-0.39, 0.29) is 18.3 Å². The van der Waals surface area contributed by atoms with Gasteiger partial charge >= 0.3 is 12.0 Å². The molecule has 6 nitrogen and oxygen atoms in total. The van der Waals surface area contributed by atoms with Gasteiger partial charge < -0.3 is 15.5 Å². The van der Waals surface area contributed by atoms with E-state index in [9.17, 15) is 14.7 Å². The monoisotopic (exact) mass is 264 g/mol. The molecule has 1 aromatic rings. The van der Waals surface area contributed by atoms with Crippen molar-refractivity contribution in [3.63, 3.8) is 0 Å². The number of nitrogens with one attached hydrogen (secondary N) is 1. The second-order valence-corrected chi connectivity index (χ2v) is 4.82. The second-order valence-electron chi connectivity index (χ2n) is 4.82. The Balaban J connectivity index is 1.93. The summed E-state index contributed by atoms with van der Waals surface area (Å²) in [5.41, 5.74) is -0.152. The Labute approximate surface area is 110 Å². The van der Waals surface area contributed by atoms with Gasteiger partial charge in [-0.05, 0) is 37.1 Å². The summed E-state index contributed by atoms with van der Waals surface area (Å²) in [6, 6.07) is 5.83. The van der Waals surface area contributed by atoms with Crippen molar-refractivity contribution in [3.8, 4) is 5.75 Å². The van der Waals surface area contributed by atoms with Crippen LogP contribution in [0.2, 0.25) is 0 Å². The molecule has 19 heavy (non-hydrogen) atoms. The van der Waals surface area contributed by atoms with Gasteiger partial charge in [-0.15, -0.1) is 0 Å². The van der Waals surface area contributed by atoms with Crippen LogP contribution in [0.4, 0.5) is 10.5 Å². The zero-order valence-corrected chi connectivity index (χ0v) is 10.6. The number of carbonyl (C=O) groups excluding carboxylic acids is 1. The topological polar surface area (TPSA) is 89.9 Å². The van der Waals surface area contributed by atoms with E-state index in [1.54, 1.807) is 19.2 Å². The van der Waals surface area contributed by atoms with Crippen LogP contribution in [0.15, 0.2) is 24.3 Å². The minimum atomic E-state index is -0.861.